The number of fused-ring (bicyclic) bond motifs is 3. The first-order valence-corrected chi connectivity index (χ1v) is 14.1. The molecule has 36 heavy (non-hydrogen) atoms. The maximum Gasteiger partial charge on any atom is 0.135 e. The van der Waals surface area contributed by atoms with Crippen molar-refractivity contribution >= 4 is 11.5 Å². The van der Waals surface area contributed by atoms with Gasteiger partial charge in [0, 0.05) is 35.2 Å². The Morgan fingerprint density at radius 2 is 1.92 bits per heavy atom. The quantitative estimate of drug-likeness (QED) is 0.502. The molecule has 2 fully saturated rings. The molecule has 1 aromatic heterocycles. The van der Waals surface area contributed by atoms with Crippen LogP contribution in [0.5, 0.6) is 0 Å². The van der Waals surface area contributed by atoms with Gasteiger partial charge in [-0.2, -0.15) is 0 Å². The number of rotatable bonds is 6. The minimum Gasteiger partial charge on any atom is -0.358 e. The van der Waals surface area contributed by atoms with Gasteiger partial charge < -0.3 is 15.1 Å². The van der Waals surface area contributed by atoms with Gasteiger partial charge in [-0.05, 0) is 113 Å². The number of aromatic nitrogens is 1. The summed E-state index contributed by atoms with van der Waals surface area (Å²) >= 11 is 0. The van der Waals surface area contributed by atoms with Crippen LogP contribution in [0.4, 0.5) is 11.5 Å². The Kier molecular flexibility index (Phi) is 6.19. The minimum absolute atomic E-state index is 0.119. The number of piperidine rings is 1. The first-order chi connectivity index (χ1) is 17.4. The van der Waals surface area contributed by atoms with Crippen molar-refractivity contribution in [3.05, 3.63) is 77.3 Å². The molecule has 1 N–H and O–H groups in total. The van der Waals surface area contributed by atoms with E-state index in [1.807, 2.05) is 0 Å². The standard InChI is InChI=1S/C32H42N4/c1-22-7-10-30-29(18-22)32(25(4)34-30)11-14-35(15-12-32)13-5-6-26-19-28-9-8-24(3)36(31(28)33-20-26)21-27-16-23(2)17-27/h7,10,18-20,23,27,34H,3-6,8-9,11-17,21H2,1-2H3. The Hall–Kier alpha value is -2.59. The predicted octanol–water partition coefficient (Wildman–Crippen LogP) is 6.61. The second-order valence-electron chi connectivity index (χ2n) is 12.1. The number of likely N-dealkylation sites (tertiary alicyclic amines) is 1. The Labute approximate surface area is 217 Å². The van der Waals surface area contributed by atoms with Gasteiger partial charge in [-0.15, -0.1) is 0 Å². The molecule has 1 saturated heterocycles. The lowest BCUT2D eigenvalue weighted by molar-refractivity contribution is 0.179. The summed E-state index contributed by atoms with van der Waals surface area (Å²) in [5.74, 6) is 2.88. The molecule has 0 atom stereocenters. The maximum absolute atomic E-state index is 4.97. The van der Waals surface area contributed by atoms with E-state index in [9.17, 15) is 0 Å². The van der Waals surface area contributed by atoms with Crippen LogP contribution in [-0.2, 0) is 18.3 Å². The summed E-state index contributed by atoms with van der Waals surface area (Å²) in [5.41, 5.74) is 9.47. The third-order valence-electron chi connectivity index (χ3n) is 9.44. The van der Waals surface area contributed by atoms with Crippen molar-refractivity contribution < 1.29 is 0 Å². The van der Waals surface area contributed by atoms with Gasteiger partial charge in [0.2, 0.25) is 0 Å². The summed E-state index contributed by atoms with van der Waals surface area (Å²) in [4.78, 5) is 10.0. The first kappa shape index (κ1) is 23.8. The summed E-state index contributed by atoms with van der Waals surface area (Å²) in [5, 5.41) is 3.59. The molecule has 0 amide bonds. The fourth-order valence-corrected chi connectivity index (χ4v) is 7.22. The molecule has 1 aliphatic carbocycles. The highest BCUT2D eigenvalue weighted by Gasteiger charge is 2.44. The Morgan fingerprint density at radius 3 is 2.69 bits per heavy atom. The van der Waals surface area contributed by atoms with E-state index in [-0.39, 0.29) is 5.41 Å². The van der Waals surface area contributed by atoms with Crippen LogP contribution < -0.4 is 10.2 Å². The van der Waals surface area contributed by atoms with Crippen molar-refractivity contribution in [1.29, 1.82) is 0 Å². The first-order valence-electron chi connectivity index (χ1n) is 14.1. The van der Waals surface area contributed by atoms with Crippen LogP contribution in [0.3, 0.4) is 0 Å². The Balaban J connectivity index is 1.03. The molecule has 1 spiro atoms. The Morgan fingerprint density at radius 1 is 1.11 bits per heavy atom. The lowest BCUT2D eigenvalue weighted by Gasteiger charge is -2.40. The second kappa shape index (κ2) is 9.37. The van der Waals surface area contributed by atoms with Crippen LogP contribution >= 0.6 is 0 Å². The fraction of sp³-hybridized carbons (Fsp3) is 0.531. The van der Waals surface area contributed by atoms with Crippen LogP contribution in [-0.4, -0.2) is 36.1 Å². The van der Waals surface area contributed by atoms with Gasteiger partial charge >= 0.3 is 0 Å². The number of allylic oxidation sites excluding steroid dienone is 2. The SMILES string of the molecule is C=C1CCc2cc(CCCN3CCC4(CC3)C(=C)Nc3ccc(C)cc34)cnc2N1CC1CC(C)C1. The van der Waals surface area contributed by atoms with Gasteiger partial charge in [-0.1, -0.05) is 43.8 Å². The largest absolute Gasteiger partial charge is 0.358 e. The van der Waals surface area contributed by atoms with Gasteiger partial charge in [0.15, 0.2) is 0 Å². The fourth-order valence-electron chi connectivity index (χ4n) is 7.22. The summed E-state index contributed by atoms with van der Waals surface area (Å²) in [6.07, 6.45) is 11.6. The zero-order valence-corrected chi connectivity index (χ0v) is 22.3. The maximum atomic E-state index is 4.97. The highest BCUT2D eigenvalue weighted by atomic mass is 15.2. The molecule has 4 aliphatic rings. The molecule has 3 aliphatic heterocycles. The lowest BCUT2D eigenvalue weighted by Crippen LogP contribution is -2.43. The number of anilines is 2. The average Bonchev–Trinajstić information content (AvgIpc) is 3.11. The van der Waals surface area contributed by atoms with Crippen LogP contribution in [0.2, 0.25) is 0 Å². The van der Waals surface area contributed by atoms with E-state index in [4.69, 9.17) is 4.98 Å². The van der Waals surface area contributed by atoms with Crippen molar-refractivity contribution in [2.75, 3.05) is 36.4 Å². The van der Waals surface area contributed by atoms with E-state index in [0.717, 1.165) is 70.1 Å². The number of hydrogen-bond donors (Lipinski definition) is 1. The molecule has 0 radical (unpaired) electrons. The van der Waals surface area contributed by atoms with E-state index >= 15 is 0 Å². The van der Waals surface area contributed by atoms with Crippen molar-refractivity contribution in [3.8, 4) is 0 Å². The number of hydrogen-bond acceptors (Lipinski definition) is 4. The molecule has 4 heteroatoms. The molecule has 2 aromatic rings. The summed E-state index contributed by atoms with van der Waals surface area (Å²) < 4.78 is 0. The van der Waals surface area contributed by atoms with Crippen LogP contribution in [0.15, 0.2) is 55.0 Å². The molecule has 6 rings (SSSR count). The average molecular weight is 483 g/mol. The molecular weight excluding hydrogens is 440 g/mol. The highest BCUT2D eigenvalue weighted by molar-refractivity contribution is 5.69. The minimum atomic E-state index is 0.119. The van der Waals surface area contributed by atoms with Crippen molar-refractivity contribution in [2.24, 2.45) is 11.8 Å². The van der Waals surface area contributed by atoms with Gasteiger partial charge in [0.25, 0.3) is 0 Å². The molecule has 0 bridgehead atoms. The monoisotopic (exact) mass is 482 g/mol. The number of pyridine rings is 1. The molecule has 0 unspecified atom stereocenters. The highest BCUT2D eigenvalue weighted by Crippen LogP contribution is 2.49. The van der Waals surface area contributed by atoms with E-state index in [0.29, 0.717) is 0 Å². The van der Waals surface area contributed by atoms with Crippen molar-refractivity contribution in [3.63, 3.8) is 0 Å². The van der Waals surface area contributed by atoms with E-state index in [1.165, 1.54) is 64.4 Å². The number of nitrogens with one attached hydrogen (secondary N) is 1. The molecule has 190 valence electrons. The van der Waals surface area contributed by atoms with E-state index < -0.39 is 0 Å². The van der Waals surface area contributed by atoms with Crippen LogP contribution in [0.1, 0.15) is 67.7 Å². The van der Waals surface area contributed by atoms with E-state index in [2.05, 4.69) is 72.6 Å². The van der Waals surface area contributed by atoms with Gasteiger partial charge in [-0.25, -0.2) is 4.98 Å². The van der Waals surface area contributed by atoms with Gasteiger partial charge in [-0.3, -0.25) is 0 Å². The van der Waals surface area contributed by atoms with E-state index in [1.54, 1.807) is 0 Å². The lowest BCUT2D eigenvalue weighted by atomic mass is 9.72. The number of aryl methyl sites for hydroxylation is 3. The molecule has 4 nitrogen and oxygen atoms in total. The molecule has 1 saturated carbocycles. The molecular formula is C32H42N4. The zero-order valence-electron chi connectivity index (χ0n) is 22.3. The molecule has 1 aromatic carbocycles. The third kappa shape index (κ3) is 4.28. The summed E-state index contributed by atoms with van der Waals surface area (Å²) in [6, 6.07) is 9.24. The zero-order chi connectivity index (χ0) is 24.9. The van der Waals surface area contributed by atoms with Gasteiger partial charge in [0.1, 0.15) is 5.82 Å². The predicted molar refractivity (Wildman–Crippen MR) is 151 cm³/mol. The topological polar surface area (TPSA) is 31.4 Å². The Bertz CT molecular complexity index is 1170. The van der Waals surface area contributed by atoms with Gasteiger partial charge in [0.05, 0.1) is 0 Å². The van der Waals surface area contributed by atoms with Crippen LogP contribution in [0.25, 0.3) is 0 Å². The summed E-state index contributed by atoms with van der Waals surface area (Å²) in [6.45, 7) is 17.9. The second-order valence-corrected chi connectivity index (χ2v) is 12.1. The number of nitrogens with zero attached hydrogens (tertiary/aromatic N) is 3. The molecule has 4 heterocycles. The van der Waals surface area contributed by atoms with Crippen molar-refractivity contribution in [2.45, 2.75) is 70.6 Å². The van der Waals surface area contributed by atoms with Crippen molar-refractivity contribution in [1.82, 2.24) is 9.88 Å². The smallest absolute Gasteiger partial charge is 0.135 e. The normalized spacial score (nSPS) is 24.9. The van der Waals surface area contributed by atoms with Crippen LogP contribution in [0, 0.1) is 18.8 Å². The third-order valence-corrected chi connectivity index (χ3v) is 9.44. The number of benzene rings is 1. The summed E-state index contributed by atoms with van der Waals surface area (Å²) in [7, 11) is 0.